The summed E-state index contributed by atoms with van der Waals surface area (Å²) in [5, 5.41) is 14.3. The number of carbonyl (C=O) groups is 1. The summed E-state index contributed by atoms with van der Waals surface area (Å²) in [4.78, 5) is 17.7. The average molecular weight is 285 g/mol. The van der Waals surface area contributed by atoms with Crippen molar-refractivity contribution in [2.45, 2.75) is 18.9 Å². The van der Waals surface area contributed by atoms with Gasteiger partial charge in [-0.2, -0.15) is 0 Å². The zero-order chi connectivity index (χ0) is 14.8. The highest BCUT2D eigenvalue weighted by Crippen LogP contribution is 2.25. The molecule has 1 fully saturated rings. The lowest BCUT2D eigenvalue weighted by Crippen LogP contribution is -2.27. The molecule has 21 heavy (non-hydrogen) atoms. The van der Waals surface area contributed by atoms with Crippen LogP contribution in [0, 0.1) is 0 Å². The van der Waals surface area contributed by atoms with E-state index in [2.05, 4.69) is 22.2 Å². The fourth-order valence-electron chi connectivity index (χ4n) is 2.49. The van der Waals surface area contributed by atoms with E-state index in [4.69, 9.17) is 5.11 Å². The third-order valence-electron chi connectivity index (χ3n) is 3.89. The molecule has 110 valence electrons. The van der Waals surface area contributed by atoms with Crippen LogP contribution in [0.3, 0.4) is 0 Å². The van der Waals surface area contributed by atoms with Gasteiger partial charge in [0.2, 0.25) is 0 Å². The summed E-state index contributed by atoms with van der Waals surface area (Å²) in [5.74, 6) is -0.353. The molecule has 1 aliphatic carbocycles. The minimum atomic E-state index is -1.00. The van der Waals surface area contributed by atoms with E-state index in [-0.39, 0.29) is 5.69 Å². The number of benzene rings is 1. The van der Waals surface area contributed by atoms with Gasteiger partial charge in [-0.05, 0) is 31.3 Å². The lowest BCUT2D eigenvalue weighted by Gasteiger charge is -2.16. The summed E-state index contributed by atoms with van der Waals surface area (Å²) >= 11 is 0. The Morgan fingerprint density at radius 3 is 2.90 bits per heavy atom. The molecule has 1 aliphatic rings. The Labute approximate surface area is 123 Å². The van der Waals surface area contributed by atoms with E-state index in [1.54, 1.807) is 6.07 Å². The van der Waals surface area contributed by atoms with Crippen molar-refractivity contribution < 1.29 is 9.90 Å². The Kier molecular flexibility index (Phi) is 3.75. The van der Waals surface area contributed by atoms with Crippen LogP contribution in [0.2, 0.25) is 0 Å². The molecule has 0 spiro atoms. The maximum atomic E-state index is 11.2. The summed E-state index contributed by atoms with van der Waals surface area (Å²) in [7, 11) is 2.12. The predicted octanol–water partition coefficient (Wildman–Crippen LogP) is 2.44. The molecule has 0 saturated heterocycles. The van der Waals surface area contributed by atoms with Crippen LogP contribution in [-0.2, 0) is 0 Å². The minimum absolute atomic E-state index is 0.0757. The Bertz CT molecular complexity index is 668. The molecule has 1 heterocycles. The summed E-state index contributed by atoms with van der Waals surface area (Å²) in [6.07, 6.45) is 2.57. The Morgan fingerprint density at radius 2 is 2.19 bits per heavy atom. The predicted molar refractivity (Wildman–Crippen MR) is 82.8 cm³/mol. The molecule has 1 saturated carbocycles. The fraction of sp³-hybridized carbons (Fsp3) is 0.375. The normalized spacial score (nSPS) is 14.6. The van der Waals surface area contributed by atoms with Crippen LogP contribution in [0.1, 0.15) is 23.3 Å². The molecular formula is C16H19N3O2. The second-order valence-electron chi connectivity index (χ2n) is 5.52. The van der Waals surface area contributed by atoms with Gasteiger partial charge in [-0.1, -0.05) is 24.3 Å². The van der Waals surface area contributed by atoms with E-state index < -0.39 is 5.97 Å². The van der Waals surface area contributed by atoms with Crippen LogP contribution in [0.25, 0.3) is 10.8 Å². The molecule has 0 bridgehead atoms. The van der Waals surface area contributed by atoms with Gasteiger partial charge in [-0.3, -0.25) is 0 Å². The van der Waals surface area contributed by atoms with Gasteiger partial charge < -0.3 is 15.3 Å². The second kappa shape index (κ2) is 5.69. The zero-order valence-corrected chi connectivity index (χ0v) is 12.0. The average Bonchev–Trinajstić information content (AvgIpc) is 3.31. The van der Waals surface area contributed by atoms with Gasteiger partial charge in [0.25, 0.3) is 0 Å². The molecule has 1 aromatic heterocycles. The highest BCUT2D eigenvalue weighted by atomic mass is 16.4. The molecule has 0 amide bonds. The number of nitrogens with one attached hydrogen (secondary N) is 1. The van der Waals surface area contributed by atoms with Crippen molar-refractivity contribution in [2.75, 3.05) is 25.5 Å². The number of hydrogen-bond donors (Lipinski definition) is 2. The maximum Gasteiger partial charge on any atom is 0.354 e. The van der Waals surface area contributed by atoms with E-state index in [1.165, 1.54) is 12.8 Å². The van der Waals surface area contributed by atoms with E-state index in [0.717, 1.165) is 29.9 Å². The third-order valence-corrected chi connectivity index (χ3v) is 3.89. The van der Waals surface area contributed by atoms with Gasteiger partial charge in [-0.25, -0.2) is 9.78 Å². The van der Waals surface area contributed by atoms with E-state index in [1.807, 2.05) is 24.3 Å². The molecule has 0 unspecified atom stereocenters. The maximum absolute atomic E-state index is 11.2. The number of carboxylic acid groups (broad SMARTS) is 1. The van der Waals surface area contributed by atoms with Gasteiger partial charge in [-0.15, -0.1) is 0 Å². The number of rotatable bonds is 6. The van der Waals surface area contributed by atoms with Crippen LogP contribution in [0.5, 0.6) is 0 Å². The van der Waals surface area contributed by atoms with Gasteiger partial charge in [0.05, 0.1) is 0 Å². The van der Waals surface area contributed by atoms with Gasteiger partial charge >= 0.3 is 5.97 Å². The number of carboxylic acids is 1. The van der Waals surface area contributed by atoms with Crippen molar-refractivity contribution in [2.24, 2.45) is 0 Å². The molecule has 0 radical (unpaired) electrons. The number of hydrogen-bond acceptors (Lipinski definition) is 4. The SMILES string of the molecule is CN(CCNc1nc(C(=O)O)cc2ccccc12)C1CC1. The first kappa shape index (κ1) is 13.8. The second-order valence-corrected chi connectivity index (χ2v) is 5.52. The molecule has 0 atom stereocenters. The largest absolute Gasteiger partial charge is 0.477 e. The lowest BCUT2D eigenvalue weighted by atomic mass is 10.1. The number of likely N-dealkylation sites (N-methyl/N-ethyl adjacent to an activating group) is 1. The first-order chi connectivity index (χ1) is 10.1. The first-order valence-electron chi connectivity index (χ1n) is 7.22. The number of aromatic nitrogens is 1. The van der Waals surface area contributed by atoms with E-state index in [0.29, 0.717) is 5.82 Å². The standard InChI is InChI=1S/C16H19N3O2/c1-19(12-6-7-12)9-8-17-15-13-5-3-2-4-11(13)10-14(18-15)16(20)21/h2-5,10,12H,6-9H2,1H3,(H,17,18)(H,20,21). The number of aromatic carboxylic acids is 1. The van der Waals surface area contributed by atoms with Crippen molar-refractivity contribution >= 4 is 22.6 Å². The Hall–Kier alpha value is -2.14. The van der Waals surface area contributed by atoms with Crippen molar-refractivity contribution in [3.63, 3.8) is 0 Å². The van der Waals surface area contributed by atoms with Crippen LogP contribution in [-0.4, -0.2) is 47.1 Å². The minimum Gasteiger partial charge on any atom is -0.477 e. The highest BCUT2D eigenvalue weighted by molar-refractivity contribution is 5.97. The van der Waals surface area contributed by atoms with Crippen molar-refractivity contribution in [1.29, 1.82) is 0 Å². The van der Waals surface area contributed by atoms with Crippen molar-refractivity contribution in [3.05, 3.63) is 36.0 Å². The molecule has 2 aromatic rings. The van der Waals surface area contributed by atoms with Crippen LogP contribution in [0.15, 0.2) is 30.3 Å². The lowest BCUT2D eigenvalue weighted by molar-refractivity contribution is 0.0691. The summed E-state index contributed by atoms with van der Waals surface area (Å²) in [6.45, 7) is 1.69. The zero-order valence-electron chi connectivity index (χ0n) is 12.0. The van der Waals surface area contributed by atoms with Crippen molar-refractivity contribution in [1.82, 2.24) is 9.88 Å². The highest BCUT2D eigenvalue weighted by Gasteiger charge is 2.25. The molecular weight excluding hydrogens is 266 g/mol. The van der Waals surface area contributed by atoms with Gasteiger partial charge in [0, 0.05) is 24.5 Å². The molecule has 5 nitrogen and oxygen atoms in total. The monoisotopic (exact) mass is 285 g/mol. The molecule has 5 heteroatoms. The number of nitrogens with zero attached hydrogens (tertiary/aromatic N) is 2. The van der Waals surface area contributed by atoms with Gasteiger partial charge in [0.1, 0.15) is 5.82 Å². The molecule has 1 aromatic carbocycles. The van der Waals surface area contributed by atoms with E-state index >= 15 is 0 Å². The van der Waals surface area contributed by atoms with Crippen LogP contribution < -0.4 is 5.32 Å². The van der Waals surface area contributed by atoms with Crippen LogP contribution >= 0.6 is 0 Å². The number of fused-ring (bicyclic) bond motifs is 1. The van der Waals surface area contributed by atoms with Gasteiger partial charge in [0.15, 0.2) is 5.69 Å². The Morgan fingerprint density at radius 1 is 1.43 bits per heavy atom. The topological polar surface area (TPSA) is 65.5 Å². The summed E-state index contributed by atoms with van der Waals surface area (Å²) in [6, 6.07) is 10.0. The number of pyridine rings is 1. The summed E-state index contributed by atoms with van der Waals surface area (Å²) < 4.78 is 0. The quantitative estimate of drug-likeness (QED) is 0.853. The number of anilines is 1. The molecule has 0 aliphatic heterocycles. The van der Waals surface area contributed by atoms with Crippen molar-refractivity contribution in [3.8, 4) is 0 Å². The fourth-order valence-corrected chi connectivity index (χ4v) is 2.49. The molecule has 2 N–H and O–H groups in total. The first-order valence-corrected chi connectivity index (χ1v) is 7.22. The smallest absolute Gasteiger partial charge is 0.354 e. The van der Waals surface area contributed by atoms with E-state index in [9.17, 15) is 4.79 Å². The third kappa shape index (κ3) is 3.13. The summed E-state index contributed by atoms with van der Waals surface area (Å²) in [5.41, 5.74) is 0.0757. The molecule has 3 rings (SSSR count). The Balaban J connectivity index is 1.80. The van der Waals surface area contributed by atoms with Crippen LogP contribution in [0.4, 0.5) is 5.82 Å².